The van der Waals surface area contributed by atoms with Crippen molar-refractivity contribution in [1.82, 2.24) is 15.1 Å². The van der Waals surface area contributed by atoms with E-state index in [-0.39, 0.29) is 30.0 Å². The van der Waals surface area contributed by atoms with E-state index in [9.17, 15) is 27.6 Å². The van der Waals surface area contributed by atoms with Crippen molar-refractivity contribution in [1.29, 1.82) is 5.26 Å². The Morgan fingerprint density at radius 3 is 2.15 bits per heavy atom. The molecule has 1 unspecified atom stereocenters. The van der Waals surface area contributed by atoms with Gasteiger partial charge in [0.1, 0.15) is 17.4 Å². The first-order chi connectivity index (χ1) is 28.3. The van der Waals surface area contributed by atoms with Crippen LogP contribution in [0.25, 0.3) is 0 Å². The number of alkyl halides is 3. The molecule has 0 spiro atoms. The number of nitrogens with one attached hydrogen (secondary N) is 1. The van der Waals surface area contributed by atoms with Gasteiger partial charge in [-0.25, -0.2) is 4.39 Å². The number of fused-ring (bicyclic) bond motifs is 1. The van der Waals surface area contributed by atoms with E-state index in [4.69, 9.17) is 10.00 Å². The number of anilines is 4. The van der Waals surface area contributed by atoms with Gasteiger partial charge in [-0.3, -0.25) is 24.6 Å². The van der Waals surface area contributed by atoms with E-state index in [0.29, 0.717) is 49.8 Å². The van der Waals surface area contributed by atoms with Crippen LogP contribution in [0.5, 0.6) is 5.75 Å². The molecule has 3 aromatic carbocycles. The van der Waals surface area contributed by atoms with Gasteiger partial charge in [0, 0.05) is 108 Å². The number of hydrogen-bond acceptors (Lipinski definition) is 10. The maximum Gasteiger partial charge on any atom is 0.420 e. The van der Waals surface area contributed by atoms with E-state index in [0.717, 1.165) is 87.3 Å². The summed E-state index contributed by atoms with van der Waals surface area (Å²) in [5, 5.41) is 11.5. The third kappa shape index (κ3) is 7.96. The predicted molar refractivity (Wildman–Crippen MR) is 214 cm³/mol. The summed E-state index contributed by atoms with van der Waals surface area (Å²) in [5.74, 6) is -1.30. The number of halogens is 4. The maximum atomic E-state index is 15.2. The summed E-state index contributed by atoms with van der Waals surface area (Å²) in [6.45, 7) is 9.95. The van der Waals surface area contributed by atoms with Crippen molar-refractivity contribution in [2.75, 3.05) is 92.2 Å². The molecule has 1 N–H and O–H groups in total. The minimum absolute atomic E-state index is 0.0867. The second kappa shape index (κ2) is 16.2. The van der Waals surface area contributed by atoms with Crippen LogP contribution in [0.2, 0.25) is 0 Å². The zero-order valence-electron chi connectivity index (χ0n) is 33.2. The van der Waals surface area contributed by atoms with Crippen molar-refractivity contribution in [2.45, 2.75) is 57.4 Å². The van der Waals surface area contributed by atoms with E-state index in [1.165, 1.54) is 12.1 Å². The molecular formula is C43H48F4N8O4. The van der Waals surface area contributed by atoms with Crippen molar-refractivity contribution in [3.05, 3.63) is 76.6 Å². The summed E-state index contributed by atoms with van der Waals surface area (Å²) >= 11 is 0. The first-order valence-electron chi connectivity index (χ1n) is 20.3. The second-order valence-electron chi connectivity index (χ2n) is 16.2. The molecule has 8 rings (SSSR count). The normalized spacial score (nSPS) is 22.1. The standard InChI is InChI=1S/C43H48F4N8O4/c1-27-24-53(34-8-3-29(23-48)39(40(34)44)43(45,46)47)19-20-54(27)32-6-4-31(5-7-32)51-13-11-28(12-14-51)25-50-15-17-52(18-16-50)33-21-30-26-55(35-9-10-37(56)49-41(35)57)42(58)38(30)36(22-33)59-2/h3-8,21-22,27-28,35H,9-20,24-26H2,1-2H3,(H,49,56,57)/t27-,35?/m0/s1. The number of nitriles is 1. The SMILES string of the molecule is COc1cc(N2CCN(CC3CCN(c4ccc(N5CCN(c6ccc(C#N)c(C(F)(F)F)c6F)C[C@@H]5C)cc4)CC3)CC2)cc2c1C(=O)N(C1CCC(=O)NC1=O)C2. The van der Waals surface area contributed by atoms with Gasteiger partial charge in [-0.05, 0) is 80.1 Å². The van der Waals surface area contributed by atoms with Crippen molar-refractivity contribution in [3.63, 3.8) is 0 Å². The van der Waals surface area contributed by atoms with Crippen molar-refractivity contribution in [2.24, 2.45) is 5.92 Å². The van der Waals surface area contributed by atoms with Gasteiger partial charge in [0.05, 0.1) is 30.0 Å². The molecule has 5 aliphatic heterocycles. The molecule has 0 saturated carbocycles. The zero-order valence-corrected chi connectivity index (χ0v) is 33.2. The summed E-state index contributed by atoms with van der Waals surface area (Å²) < 4.78 is 61.7. The van der Waals surface area contributed by atoms with Crippen LogP contribution < -0.4 is 29.7 Å². The summed E-state index contributed by atoms with van der Waals surface area (Å²) in [6, 6.07) is 15.4. The summed E-state index contributed by atoms with van der Waals surface area (Å²) in [5.41, 5.74) is 2.11. The van der Waals surface area contributed by atoms with E-state index < -0.39 is 35.1 Å². The number of carbonyl (C=O) groups is 3. The number of imide groups is 1. The van der Waals surface area contributed by atoms with Gasteiger partial charge >= 0.3 is 6.18 Å². The van der Waals surface area contributed by atoms with Crippen molar-refractivity contribution < 1.29 is 36.7 Å². The van der Waals surface area contributed by atoms with Gasteiger partial charge in [0.2, 0.25) is 11.8 Å². The van der Waals surface area contributed by atoms with E-state index in [1.807, 2.05) is 19.1 Å². The minimum Gasteiger partial charge on any atom is -0.496 e. The molecule has 0 aliphatic carbocycles. The number of methoxy groups -OCH3 is 1. The second-order valence-corrected chi connectivity index (χ2v) is 16.2. The van der Waals surface area contributed by atoms with Gasteiger partial charge in [-0.1, -0.05) is 0 Å². The first-order valence-corrected chi connectivity index (χ1v) is 20.3. The lowest BCUT2D eigenvalue weighted by Gasteiger charge is -2.43. The Hall–Kier alpha value is -5.56. The number of amides is 3. The quantitative estimate of drug-likeness (QED) is 0.239. The molecule has 12 nitrogen and oxygen atoms in total. The number of nitrogens with zero attached hydrogens (tertiary/aromatic N) is 7. The Morgan fingerprint density at radius 1 is 0.831 bits per heavy atom. The molecule has 59 heavy (non-hydrogen) atoms. The number of ether oxygens (including phenoxy) is 1. The number of piperidine rings is 2. The number of rotatable bonds is 8. The third-order valence-electron chi connectivity index (χ3n) is 12.7. The fraction of sp³-hybridized carbons (Fsp3) is 0.488. The van der Waals surface area contributed by atoms with E-state index in [1.54, 1.807) is 16.9 Å². The van der Waals surface area contributed by atoms with Gasteiger partial charge in [-0.15, -0.1) is 0 Å². The van der Waals surface area contributed by atoms with Crippen LogP contribution in [-0.4, -0.2) is 112 Å². The zero-order chi connectivity index (χ0) is 41.6. The molecular weight excluding hydrogens is 769 g/mol. The molecule has 312 valence electrons. The Kier molecular flexibility index (Phi) is 11.1. The minimum atomic E-state index is -4.97. The lowest BCUT2D eigenvalue weighted by molar-refractivity contribution is -0.140. The van der Waals surface area contributed by atoms with Crippen LogP contribution in [0, 0.1) is 23.1 Å². The van der Waals surface area contributed by atoms with Crippen LogP contribution in [0.4, 0.5) is 40.3 Å². The van der Waals surface area contributed by atoms with Gasteiger partial charge < -0.3 is 29.2 Å². The number of benzene rings is 3. The molecule has 2 atom stereocenters. The average Bonchev–Trinajstić information content (AvgIpc) is 3.55. The topological polar surface area (TPSA) is 116 Å². The smallest absolute Gasteiger partial charge is 0.420 e. The number of hydrogen-bond donors (Lipinski definition) is 1. The van der Waals surface area contributed by atoms with E-state index >= 15 is 4.39 Å². The number of piperazine rings is 2. The van der Waals surface area contributed by atoms with Crippen molar-refractivity contribution >= 4 is 40.5 Å². The summed E-state index contributed by atoms with van der Waals surface area (Å²) in [6.07, 6.45) is -2.28. The highest BCUT2D eigenvalue weighted by Gasteiger charge is 2.42. The maximum absolute atomic E-state index is 15.2. The Balaban J connectivity index is 0.808. The molecule has 3 amide bonds. The van der Waals surface area contributed by atoms with Gasteiger partial charge in [-0.2, -0.15) is 18.4 Å². The van der Waals surface area contributed by atoms with E-state index in [2.05, 4.69) is 49.2 Å². The Labute approximate surface area is 340 Å². The highest BCUT2D eigenvalue weighted by Crippen LogP contribution is 2.40. The molecule has 0 aromatic heterocycles. The number of carbonyl (C=O) groups excluding carboxylic acids is 3. The molecule has 0 bridgehead atoms. The van der Waals surface area contributed by atoms with Crippen LogP contribution in [-0.2, 0) is 22.3 Å². The van der Waals surface area contributed by atoms with Gasteiger partial charge in [0.15, 0.2) is 5.82 Å². The van der Waals surface area contributed by atoms with Crippen LogP contribution in [0.15, 0.2) is 48.5 Å². The molecule has 5 aliphatic rings. The molecule has 16 heteroatoms. The molecule has 3 aromatic rings. The fourth-order valence-electron chi connectivity index (χ4n) is 9.52. The highest BCUT2D eigenvalue weighted by atomic mass is 19.4. The van der Waals surface area contributed by atoms with Crippen molar-refractivity contribution in [3.8, 4) is 11.8 Å². The lowest BCUT2D eigenvalue weighted by atomic mass is 9.95. The van der Waals surface area contributed by atoms with Crippen LogP contribution in [0.3, 0.4) is 0 Å². The fourth-order valence-corrected chi connectivity index (χ4v) is 9.52. The summed E-state index contributed by atoms with van der Waals surface area (Å²) in [4.78, 5) is 50.3. The average molecular weight is 817 g/mol. The molecule has 4 saturated heterocycles. The summed E-state index contributed by atoms with van der Waals surface area (Å²) in [7, 11) is 1.56. The Morgan fingerprint density at radius 2 is 1.51 bits per heavy atom. The third-order valence-corrected chi connectivity index (χ3v) is 12.7. The molecule has 5 heterocycles. The molecule has 4 fully saturated rings. The Bertz CT molecular complexity index is 2140. The predicted octanol–water partition coefficient (Wildman–Crippen LogP) is 5.24. The lowest BCUT2D eigenvalue weighted by Crippen LogP contribution is -2.52. The van der Waals surface area contributed by atoms with Gasteiger partial charge in [0.25, 0.3) is 5.91 Å². The first kappa shape index (κ1) is 40.2. The van der Waals surface area contributed by atoms with Crippen LogP contribution >= 0.6 is 0 Å². The molecule has 0 radical (unpaired) electrons. The highest BCUT2D eigenvalue weighted by molar-refractivity contribution is 6.06. The largest absolute Gasteiger partial charge is 0.496 e. The van der Waals surface area contributed by atoms with Crippen LogP contribution in [0.1, 0.15) is 59.7 Å². The monoisotopic (exact) mass is 816 g/mol.